The van der Waals surface area contributed by atoms with Gasteiger partial charge in [-0.15, -0.1) is 0 Å². The Morgan fingerprint density at radius 3 is 2.69 bits per heavy atom. The number of carbonyl (C=O) groups is 1. The zero-order valence-electron chi connectivity index (χ0n) is 9.15. The van der Waals surface area contributed by atoms with Crippen molar-refractivity contribution in [3.8, 4) is 0 Å². The first-order valence-corrected chi connectivity index (χ1v) is 6.65. The molecule has 1 aliphatic heterocycles. The summed E-state index contributed by atoms with van der Waals surface area (Å²) in [6, 6.07) is 4.96. The molecule has 2 rings (SSSR count). The summed E-state index contributed by atoms with van der Waals surface area (Å²) < 4.78 is 25.2. The van der Waals surface area contributed by atoms with E-state index in [0.29, 0.717) is 5.56 Å². The number of hydrogen-bond acceptors (Lipinski definition) is 3. The number of sulfonamides is 1. The molecule has 16 heavy (non-hydrogen) atoms. The smallest absolute Gasteiger partial charge is 0.266 e. The highest BCUT2D eigenvalue weighted by atomic mass is 32.2. The van der Waals surface area contributed by atoms with Crippen LogP contribution < -0.4 is 4.72 Å². The topological polar surface area (TPSA) is 63.2 Å². The van der Waals surface area contributed by atoms with Crippen LogP contribution in [-0.4, -0.2) is 14.3 Å². The molecule has 0 radical (unpaired) electrons. The number of hydrogen-bond donors (Lipinski definition) is 1. The summed E-state index contributed by atoms with van der Waals surface area (Å²) in [5, 5.41) is 0. The zero-order valence-corrected chi connectivity index (χ0v) is 9.97. The van der Waals surface area contributed by atoms with Crippen LogP contribution >= 0.6 is 0 Å². The van der Waals surface area contributed by atoms with Gasteiger partial charge in [0.25, 0.3) is 15.9 Å². The van der Waals surface area contributed by atoms with Crippen LogP contribution in [0.25, 0.3) is 0 Å². The maximum absolute atomic E-state index is 11.6. The van der Waals surface area contributed by atoms with E-state index in [-0.39, 0.29) is 10.8 Å². The lowest BCUT2D eigenvalue weighted by Crippen LogP contribution is -2.21. The van der Waals surface area contributed by atoms with Gasteiger partial charge in [-0.25, -0.2) is 13.1 Å². The standard InChI is InChI=1S/C11H13NO3S/c1-3-7(2)8-5-4-6-9-10(8)11(13)12-16(9,14)15/h4-7H,3H2,1-2H3,(H,12,13). The van der Waals surface area contributed by atoms with Gasteiger partial charge in [-0.3, -0.25) is 4.79 Å². The average Bonchev–Trinajstić information content (AvgIpc) is 2.48. The summed E-state index contributed by atoms with van der Waals surface area (Å²) in [7, 11) is -3.62. The van der Waals surface area contributed by atoms with Crippen LogP contribution in [0.1, 0.15) is 42.1 Å². The Hall–Kier alpha value is -1.36. The van der Waals surface area contributed by atoms with Gasteiger partial charge in [0.05, 0.1) is 5.56 Å². The molecule has 4 nitrogen and oxygen atoms in total. The van der Waals surface area contributed by atoms with Crippen LogP contribution in [0.15, 0.2) is 23.1 Å². The third kappa shape index (κ3) is 1.51. The Morgan fingerprint density at radius 2 is 2.06 bits per heavy atom. The van der Waals surface area contributed by atoms with Crippen LogP contribution in [0.2, 0.25) is 0 Å². The molecule has 0 aliphatic carbocycles. The van der Waals surface area contributed by atoms with Crippen molar-refractivity contribution >= 4 is 15.9 Å². The van der Waals surface area contributed by atoms with Crippen LogP contribution in [0, 0.1) is 0 Å². The maximum Gasteiger partial charge on any atom is 0.266 e. The van der Waals surface area contributed by atoms with Crippen molar-refractivity contribution < 1.29 is 13.2 Å². The molecule has 0 saturated heterocycles. The lowest BCUT2D eigenvalue weighted by molar-refractivity contribution is 0.0984. The highest BCUT2D eigenvalue weighted by Crippen LogP contribution is 2.31. The van der Waals surface area contributed by atoms with Crippen molar-refractivity contribution in [2.24, 2.45) is 0 Å². The molecule has 0 bridgehead atoms. The van der Waals surface area contributed by atoms with Crippen molar-refractivity contribution in [3.63, 3.8) is 0 Å². The predicted octanol–water partition coefficient (Wildman–Crippen LogP) is 1.63. The molecule has 86 valence electrons. The van der Waals surface area contributed by atoms with E-state index >= 15 is 0 Å². The van der Waals surface area contributed by atoms with Gasteiger partial charge in [0.2, 0.25) is 0 Å². The maximum atomic E-state index is 11.6. The molecule has 1 aromatic carbocycles. The van der Waals surface area contributed by atoms with Crippen molar-refractivity contribution in [2.45, 2.75) is 31.1 Å². The third-order valence-electron chi connectivity index (χ3n) is 2.95. The Labute approximate surface area is 94.7 Å². The molecule has 1 aromatic rings. The number of fused-ring (bicyclic) bond motifs is 1. The van der Waals surface area contributed by atoms with Crippen LogP contribution in [0.5, 0.6) is 0 Å². The average molecular weight is 239 g/mol. The van der Waals surface area contributed by atoms with Crippen molar-refractivity contribution in [2.75, 3.05) is 0 Å². The Bertz CT molecular complexity index is 548. The van der Waals surface area contributed by atoms with Crippen LogP contribution in [-0.2, 0) is 10.0 Å². The largest absolute Gasteiger partial charge is 0.268 e. The van der Waals surface area contributed by atoms with Crippen molar-refractivity contribution in [1.82, 2.24) is 4.72 Å². The van der Waals surface area contributed by atoms with E-state index < -0.39 is 15.9 Å². The van der Waals surface area contributed by atoms with Gasteiger partial charge in [-0.1, -0.05) is 26.0 Å². The molecule has 1 heterocycles. The van der Waals surface area contributed by atoms with E-state index in [1.165, 1.54) is 6.07 Å². The molecule has 1 N–H and O–H groups in total. The second-order valence-corrected chi connectivity index (χ2v) is 5.62. The number of amides is 1. The minimum Gasteiger partial charge on any atom is -0.268 e. The summed E-state index contributed by atoms with van der Waals surface area (Å²) in [6.45, 7) is 3.99. The first kappa shape index (κ1) is 11.1. The molecule has 5 heteroatoms. The van der Waals surface area contributed by atoms with E-state index in [1.807, 2.05) is 24.6 Å². The molecule has 1 unspecified atom stereocenters. The van der Waals surface area contributed by atoms with Gasteiger partial charge in [0.15, 0.2) is 0 Å². The molecular formula is C11H13NO3S. The number of nitrogens with one attached hydrogen (secondary N) is 1. The number of benzene rings is 1. The summed E-state index contributed by atoms with van der Waals surface area (Å²) >= 11 is 0. The normalized spacial score (nSPS) is 19.0. The highest BCUT2D eigenvalue weighted by molar-refractivity contribution is 7.90. The van der Waals surface area contributed by atoms with Gasteiger partial charge in [0.1, 0.15) is 4.90 Å². The summed E-state index contributed by atoms with van der Waals surface area (Å²) in [5.41, 5.74) is 1.12. The van der Waals surface area contributed by atoms with Gasteiger partial charge < -0.3 is 0 Å². The first-order chi connectivity index (χ1) is 7.47. The quantitative estimate of drug-likeness (QED) is 0.853. The fourth-order valence-electron chi connectivity index (χ4n) is 1.87. The van der Waals surface area contributed by atoms with E-state index in [4.69, 9.17) is 0 Å². The molecule has 0 spiro atoms. The van der Waals surface area contributed by atoms with E-state index in [2.05, 4.69) is 0 Å². The first-order valence-electron chi connectivity index (χ1n) is 5.17. The summed E-state index contributed by atoms with van der Waals surface area (Å²) in [4.78, 5) is 11.7. The lowest BCUT2D eigenvalue weighted by atomic mass is 9.93. The molecule has 0 fully saturated rings. The van der Waals surface area contributed by atoms with Crippen LogP contribution in [0.3, 0.4) is 0 Å². The van der Waals surface area contributed by atoms with Crippen molar-refractivity contribution in [1.29, 1.82) is 0 Å². The zero-order chi connectivity index (χ0) is 11.9. The fourth-order valence-corrected chi connectivity index (χ4v) is 3.07. The molecule has 0 saturated carbocycles. The Balaban J connectivity index is 2.71. The molecule has 1 aliphatic rings. The molecular weight excluding hydrogens is 226 g/mol. The predicted molar refractivity (Wildman–Crippen MR) is 59.8 cm³/mol. The minimum atomic E-state index is -3.62. The van der Waals surface area contributed by atoms with E-state index in [9.17, 15) is 13.2 Å². The van der Waals surface area contributed by atoms with Gasteiger partial charge in [0, 0.05) is 0 Å². The SMILES string of the molecule is CCC(C)c1cccc2c1C(=O)NS2(=O)=O. The number of carbonyl (C=O) groups excluding carboxylic acids is 1. The van der Waals surface area contributed by atoms with Gasteiger partial charge >= 0.3 is 0 Å². The third-order valence-corrected chi connectivity index (χ3v) is 4.32. The van der Waals surface area contributed by atoms with E-state index in [1.54, 1.807) is 6.07 Å². The summed E-state index contributed by atoms with van der Waals surface area (Å²) in [5.74, 6) is -0.333. The molecule has 1 atom stereocenters. The fraction of sp³-hybridized carbons (Fsp3) is 0.364. The molecule has 0 aromatic heterocycles. The Kier molecular flexibility index (Phi) is 2.50. The second-order valence-electron chi connectivity index (χ2n) is 3.96. The number of rotatable bonds is 2. The Morgan fingerprint density at radius 1 is 1.38 bits per heavy atom. The van der Waals surface area contributed by atoms with Crippen LogP contribution in [0.4, 0.5) is 0 Å². The highest BCUT2D eigenvalue weighted by Gasteiger charge is 2.34. The van der Waals surface area contributed by atoms with Gasteiger partial charge in [-0.2, -0.15) is 0 Å². The van der Waals surface area contributed by atoms with Crippen molar-refractivity contribution in [3.05, 3.63) is 29.3 Å². The van der Waals surface area contributed by atoms with E-state index in [0.717, 1.165) is 12.0 Å². The molecule has 1 amide bonds. The second kappa shape index (κ2) is 3.59. The minimum absolute atomic E-state index is 0.107. The van der Waals surface area contributed by atoms with Gasteiger partial charge in [-0.05, 0) is 24.0 Å². The monoisotopic (exact) mass is 239 g/mol. The lowest BCUT2D eigenvalue weighted by Gasteiger charge is -2.11. The summed E-state index contributed by atoms with van der Waals surface area (Å²) in [6.07, 6.45) is 0.865.